The largest absolute Gasteiger partial charge is 0.489 e. The minimum Gasteiger partial charge on any atom is -0.489 e. The molecule has 0 aliphatic carbocycles. The molecule has 41 heavy (non-hydrogen) atoms. The topological polar surface area (TPSA) is 76.5 Å². The normalized spacial score (nSPS) is 10.6. The van der Waals surface area contributed by atoms with E-state index in [9.17, 15) is 9.59 Å². The number of halogens is 1. The summed E-state index contributed by atoms with van der Waals surface area (Å²) in [5, 5.41) is 9.55. The Morgan fingerprint density at radius 3 is 2.46 bits per heavy atom. The fourth-order valence-corrected chi connectivity index (χ4v) is 4.34. The summed E-state index contributed by atoms with van der Waals surface area (Å²) in [4.78, 5) is 28.3. The lowest BCUT2D eigenvalue weighted by atomic mass is 9.97. The molecule has 0 bridgehead atoms. The summed E-state index contributed by atoms with van der Waals surface area (Å²) in [6.07, 6.45) is 7.43. The number of carboxylic acid groups (broad SMARTS) is 1. The van der Waals surface area contributed by atoms with Gasteiger partial charge in [-0.15, -0.1) is 0 Å². The Labute approximate surface area is 244 Å². The molecule has 0 saturated carbocycles. The molecule has 4 aromatic rings. The second-order valence-corrected chi connectivity index (χ2v) is 9.64. The predicted octanol–water partition coefficient (Wildman–Crippen LogP) is 7.16. The molecule has 6 heteroatoms. The van der Waals surface area contributed by atoms with E-state index < -0.39 is 5.97 Å². The predicted molar refractivity (Wildman–Crippen MR) is 162 cm³/mol. The van der Waals surface area contributed by atoms with Crippen molar-refractivity contribution in [1.29, 1.82) is 0 Å². The van der Waals surface area contributed by atoms with Crippen molar-refractivity contribution in [2.45, 2.75) is 25.9 Å². The SMILES string of the molecule is C=CC#Cc1ccccc1CCc1cc(OCc2ccccc2Cl)cc(C(=O)/C=C/c2ccc(CC(=O)O)cn2)c1. The molecule has 1 N–H and O–H groups in total. The number of hydrogen-bond donors (Lipinski definition) is 1. The van der Waals surface area contributed by atoms with Gasteiger partial charge in [-0.05, 0) is 84.2 Å². The van der Waals surface area contributed by atoms with Gasteiger partial charge < -0.3 is 9.84 Å². The minimum absolute atomic E-state index is 0.106. The number of hydrogen-bond acceptors (Lipinski definition) is 4. The van der Waals surface area contributed by atoms with E-state index in [2.05, 4.69) is 23.4 Å². The van der Waals surface area contributed by atoms with Crippen molar-refractivity contribution >= 4 is 29.4 Å². The lowest BCUT2D eigenvalue weighted by molar-refractivity contribution is -0.136. The number of carbonyl (C=O) groups is 2. The molecular formula is C35H28ClNO4. The Morgan fingerprint density at radius 2 is 1.73 bits per heavy atom. The van der Waals surface area contributed by atoms with E-state index in [0.717, 1.165) is 28.7 Å². The van der Waals surface area contributed by atoms with Gasteiger partial charge in [0.05, 0.1) is 12.1 Å². The van der Waals surface area contributed by atoms with Crippen molar-refractivity contribution in [3.8, 4) is 17.6 Å². The summed E-state index contributed by atoms with van der Waals surface area (Å²) >= 11 is 6.31. The van der Waals surface area contributed by atoms with Crippen LogP contribution in [-0.4, -0.2) is 21.8 Å². The summed E-state index contributed by atoms with van der Waals surface area (Å²) in [5.41, 5.74) is 5.46. The lowest BCUT2D eigenvalue weighted by Crippen LogP contribution is -2.03. The molecule has 1 heterocycles. The third-order valence-corrected chi connectivity index (χ3v) is 6.59. The van der Waals surface area contributed by atoms with Gasteiger partial charge in [0.25, 0.3) is 0 Å². The first-order valence-corrected chi connectivity index (χ1v) is 13.4. The van der Waals surface area contributed by atoms with Crippen molar-refractivity contribution in [2.24, 2.45) is 0 Å². The van der Waals surface area contributed by atoms with Crippen LogP contribution < -0.4 is 4.74 Å². The number of benzene rings is 3. The zero-order valence-electron chi connectivity index (χ0n) is 22.3. The van der Waals surface area contributed by atoms with Crippen molar-refractivity contribution < 1.29 is 19.4 Å². The molecular weight excluding hydrogens is 534 g/mol. The molecule has 0 atom stereocenters. The van der Waals surface area contributed by atoms with Gasteiger partial charge in [-0.2, -0.15) is 0 Å². The molecule has 0 amide bonds. The summed E-state index contributed by atoms with van der Waals surface area (Å²) < 4.78 is 6.09. The standard InChI is InChI=1S/C35H28ClNO4/c1-2-3-8-27-9-4-5-10-28(27)15-13-25-19-30(22-32(20-25)41-24-29-11-6-7-12-33(29)36)34(38)18-17-31-16-14-26(23-37-31)21-35(39)40/h2,4-7,9-12,14,16-20,22-23H,1,13,15,21,24H2,(H,39,40)/b18-17+. The zero-order valence-corrected chi connectivity index (χ0v) is 23.1. The van der Waals surface area contributed by atoms with Crippen LogP contribution in [0.2, 0.25) is 5.02 Å². The van der Waals surface area contributed by atoms with Crippen molar-refractivity contribution in [3.05, 3.63) is 148 Å². The number of carboxylic acids is 1. The molecule has 0 unspecified atom stereocenters. The van der Waals surface area contributed by atoms with Crippen LogP contribution in [0.5, 0.6) is 5.75 Å². The van der Waals surface area contributed by atoms with Gasteiger partial charge in [-0.25, -0.2) is 0 Å². The van der Waals surface area contributed by atoms with Crippen LogP contribution >= 0.6 is 11.6 Å². The molecule has 4 rings (SSSR count). The Balaban J connectivity index is 1.56. The smallest absolute Gasteiger partial charge is 0.307 e. The highest BCUT2D eigenvalue weighted by Crippen LogP contribution is 2.23. The molecule has 204 valence electrons. The molecule has 3 aromatic carbocycles. The fraction of sp³-hybridized carbons (Fsp3) is 0.114. The minimum atomic E-state index is -0.925. The van der Waals surface area contributed by atoms with Crippen molar-refractivity contribution in [3.63, 3.8) is 0 Å². The molecule has 0 radical (unpaired) electrons. The first-order chi connectivity index (χ1) is 19.9. The Kier molecular flexibility index (Phi) is 10.3. The third-order valence-electron chi connectivity index (χ3n) is 6.22. The number of ether oxygens (including phenoxy) is 1. The first kappa shape index (κ1) is 29.1. The van der Waals surface area contributed by atoms with E-state index in [4.69, 9.17) is 21.4 Å². The van der Waals surface area contributed by atoms with Crippen molar-refractivity contribution in [1.82, 2.24) is 4.98 Å². The van der Waals surface area contributed by atoms with E-state index in [1.165, 1.54) is 12.3 Å². The highest BCUT2D eigenvalue weighted by atomic mass is 35.5. The molecule has 0 fully saturated rings. The number of aliphatic carboxylic acids is 1. The average Bonchev–Trinajstić information content (AvgIpc) is 2.98. The van der Waals surface area contributed by atoms with E-state index >= 15 is 0 Å². The zero-order chi connectivity index (χ0) is 29.0. The van der Waals surface area contributed by atoms with Gasteiger partial charge in [0.15, 0.2) is 5.78 Å². The number of aromatic nitrogens is 1. The molecule has 1 aromatic heterocycles. The summed E-state index contributed by atoms with van der Waals surface area (Å²) in [5.74, 6) is 5.47. The number of pyridine rings is 1. The van der Waals surface area contributed by atoms with Gasteiger partial charge in [0.1, 0.15) is 12.4 Å². The Hall–Kier alpha value is -4.92. The van der Waals surface area contributed by atoms with E-state index in [0.29, 0.717) is 34.0 Å². The highest BCUT2D eigenvalue weighted by molar-refractivity contribution is 6.31. The second kappa shape index (κ2) is 14.5. The van der Waals surface area contributed by atoms with E-state index in [-0.39, 0.29) is 18.8 Å². The maximum absolute atomic E-state index is 13.2. The number of ketones is 1. The van der Waals surface area contributed by atoms with Crippen LogP contribution in [0.25, 0.3) is 6.08 Å². The highest BCUT2D eigenvalue weighted by Gasteiger charge is 2.10. The molecule has 0 aliphatic rings. The number of allylic oxidation sites excluding steroid dienone is 2. The van der Waals surface area contributed by atoms with Crippen LogP contribution in [0.1, 0.15) is 43.9 Å². The maximum Gasteiger partial charge on any atom is 0.307 e. The number of nitrogens with zero attached hydrogens (tertiary/aromatic N) is 1. The second-order valence-electron chi connectivity index (χ2n) is 9.24. The van der Waals surface area contributed by atoms with Gasteiger partial charge in [-0.3, -0.25) is 14.6 Å². The molecule has 0 aliphatic heterocycles. The fourth-order valence-electron chi connectivity index (χ4n) is 4.15. The van der Waals surface area contributed by atoms with E-state index in [1.807, 2.05) is 60.7 Å². The monoisotopic (exact) mass is 561 g/mol. The molecule has 0 saturated heterocycles. The van der Waals surface area contributed by atoms with Crippen molar-refractivity contribution in [2.75, 3.05) is 0 Å². The van der Waals surface area contributed by atoms with Crippen LogP contribution in [0.3, 0.4) is 0 Å². The van der Waals surface area contributed by atoms with Gasteiger partial charge in [0.2, 0.25) is 0 Å². The van der Waals surface area contributed by atoms with Crippen LogP contribution in [0.4, 0.5) is 0 Å². The number of rotatable bonds is 11. The third kappa shape index (κ3) is 8.79. The van der Waals surface area contributed by atoms with Gasteiger partial charge in [-0.1, -0.05) is 72.5 Å². The quantitative estimate of drug-likeness (QED) is 0.119. The summed E-state index contributed by atoms with van der Waals surface area (Å²) in [7, 11) is 0. The Bertz CT molecular complexity index is 1650. The van der Waals surface area contributed by atoms with Gasteiger partial charge >= 0.3 is 5.97 Å². The number of aryl methyl sites for hydroxylation is 2. The van der Waals surface area contributed by atoms with Crippen LogP contribution in [-0.2, 0) is 30.7 Å². The van der Waals surface area contributed by atoms with E-state index in [1.54, 1.807) is 30.4 Å². The molecule has 0 spiro atoms. The Morgan fingerprint density at radius 1 is 0.951 bits per heavy atom. The summed E-state index contributed by atoms with van der Waals surface area (Å²) in [6.45, 7) is 3.93. The first-order valence-electron chi connectivity index (χ1n) is 13.0. The lowest BCUT2D eigenvalue weighted by Gasteiger charge is -2.12. The van der Waals surface area contributed by atoms with Gasteiger partial charge in [0, 0.05) is 27.9 Å². The number of carbonyl (C=O) groups excluding carboxylic acids is 1. The average molecular weight is 562 g/mol. The van der Waals surface area contributed by atoms with Crippen LogP contribution in [0.15, 0.2) is 104 Å². The maximum atomic E-state index is 13.2. The molecule has 5 nitrogen and oxygen atoms in total. The summed E-state index contributed by atoms with van der Waals surface area (Å²) in [6, 6.07) is 24.4. The van der Waals surface area contributed by atoms with Crippen LogP contribution in [0, 0.1) is 11.8 Å².